The molecule has 3 nitrogen and oxygen atoms in total. The quantitative estimate of drug-likeness (QED) is 0.187. The van der Waals surface area contributed by atoms with Gasteiger partial charge in [0.15, 0.2) is 0 Å². The first-order valence-electron chi connectivity index (χ1n) is 13.4. The van der Waals surface area contributed by atoms with Crippen LogP contribution in [-0.2, 0) is 0 Å². The molecule has 39 heavy (non-hydrogen) atoms. The molecule has 196 valence electrons. The van der Waals surface area contributed by atoms with Crippen LogP contribution in [0.5, 0.6) is 0 Å². The fourth-order valence-corrected chi connectivity index (χ4v) is 4.98. The molecule has 0 bridgehead atoms. The van der Waals surface area contributed by atoms with E-state index in [0.29, 0.717) is 18.4 Å². The fourth-order valence-electron chi connectivity index (χ4n) is 4.98. The van der Waals surface area contributed by atoms with Crippen LogP contribution in [-0.4, -0.2) is 44.0 Å². The Balaban J connectivity index is 2.24. The summed E-state index contributed by atoms with van der Waals surface area (Å²) in [6, 6.07) is 16.4. The Morgan fingerprint density at radius 1 is 0.949 bits per heavy atom. The summed E-state index contributed by atoms with van der Waals surface area (Å²) in [7, 11) is 3.44. The van der Waals surface area contributed by atoms with E-state index < -0.39 is 11.9 Å². The second-order valence-corrected chi connectivity index (χ2v) is 9.86. The molecule has 6 heteroatoms. The van der Waals surface area contributed by atoms with Crippen molar-refractivity contribution < 1.29 is 15.3 Å². The van der Waals surface area contributed by atoms with Crippen LogP contribution in [0.4, 0.5) is 0 Å². The van der Waals surface area contributed by atoms with Gasteiger partial charge in [-0.3, -0.25) is 0 Å². The molecule has 0 saturated carbocycles. The Bertz CT molecular complexity index is 1620. The zero-order chi connectivity index (χ0) is 28.5. The van der Waals surface area contributed by atoms with Crippen molar-refractivity contribution in [3.63, 3.8) is 0 Å². The molecular formula is C33H37B3O3. The number of allylic oxidation sites excluding steroid dienone is 6. The summed E-state index contributed by atoms with van der Waals surface area (Å²) >= 11 is 0. The normalized spacial score (nSPS) is 17.1. The standard InChI is InChI=1S/C33H37B3O3/c1-5-11-23(21(3)17-18-22(4)32-27-15-9-10-16-29(27)36-32)25-13-7-8-14-26(25)24(12-6-2)28(20-37)33(39)31(35)30(38)19-34/h5-10,13-20,31,33,37-39H,1-2,11-12,34-35H2,3-4H3/b21-17+,22-18+,25-23+,26-24+,28-20+,30-19-. The van der Waals surface area contributed by atoms with Crippen molar-refractivity contribution in [1.29, 1.82) is 0 Å². The Morgan fingerprint density at radius 2 is 1.54 bits per heavy atom. The molecule has 1 heterocycles. The van der Waals surface area contributed by atoms with Crippen LogP contribution in [0, 0.1) is 5.11 Å². The number of benzene rings is 2. The predicted octanol–water partition coefficient (Wildman–Crippen LogP) is 3.07. The molecule has 1 aliphatic rings. The van der Waals surface area contributed by atoms with Gasteiger partial charge in [-0.25, -0.2) is 0 Å². The van der Waals surface area contributed by atoms with Crippen molar-refractivity contribution >= 4 is 39.2 Å². The molecule has 2 aromatic carbocycles. The molecule has 0 aromatic heterocycles. The van der Waals surface area contributed by atoms with E-state index in [0.717, 1.165) is 33.4 Å². The molecule has 2 atom stereocenters. The zero-order valence-electron chi connectivity index (χ0n) is 23.5. The van der Waals surface area contributed by atoms with Crippen molar-refractivity contribution in [1.82, 2.24) is 0 Å². The molecule has 0 radical (unpaired) electrons. The topological polar surface area (TPSA) is 60.7 Å². The third-order valence-electron chi connectivity index (χ3n) is 7.35. The van der Waals surface area contributed by atoms with Gasteiger partial charge in [0.1, 0.15) is 15.7 Å². The van der Waals surface area contributed by atoms with E-state index in [2.05, 4.69) is 76.4 Å². The van der Waals surface area contributed by atoms with Crippen molar-refractivity contribution in [2.45, 2.75) is 38.6 Å². The Hall–Kier alpha value is -3.76. The molecule has 1 aliphatic heterocycles. The number of aliphatic hydroxyl groups is 3. The zero-order valence-corrected chi connectivity index (χ0v) is 23.5. The summed E-state index contributed by atoms with van der Waals surface area (Å²) < 4.78 is 0. The van der Waals surface area contributed by atoms with Gasteiger partial charge in [0, 0.05) is 0 Å². The minimum absolute atomic E-state index is 0.0668. The van der Waals surface area contributed by atoms with Crippen LogP contribution in [0.25, 0.3) is 16.6 Å². The molecule has 0 spiro atoms. The van der Waals surface area contributed by atoms with Crippen LogP contribution in [0.3, 0.4) is 0 Å². The molecule has 0 fully saturated rings. The monoisotopic (exact) mass is 514 g/mol. The van der Waals surface area contributed by atoms with Crippen LogP contribution < -0.4 is 15.7 Å². The summed E-state index contributed by atoms with van der Waals surface area (Å²) in [5, 5.41) is 36.1. The van der Waals surface area contributed by atoms with Crippen LogP contribution >= 0.6 is 0 Å². The first kappa shape index (κ1) is 29.8. The Morgan fingerprint density at radius 3 is 2.13 bits per heavy atom. The van der Waals surface area contributed by atoms with E-state index in [1.165, 1.54) is 21.4 Å². The average Bonchev–Trinajstić information content (AvgIpc) is 2.94. The van der Waals surface area contributed by atoms with Gasteiger partial charge in [-0.05, 0) is 0 Å². The predicted molar refractivity (Wildman–Crippen MR) is 172 cm³/mol. The van der Waals surface area contributed by atoms with E-state index in [1.54, 1.807) is 27.7 Å². The fraction of sp³-hybridized carbons (Fsp3) is 0.182. The van der Waals surface area contributed by atoms with E-state index in [-0.39, 0.29) is 5.76 Å². The van der Waals surface area contributed by atoms with Gasteiger partial charge in [-0.15, -0.1) is 0 Å². The van der Waals surface area contributed by atoms with Crippen molar-refractivity contribution in [3.05, 3.63) is 141 Å². The molecule has 0 amide bonds. The van der Waals surface area contributed by atoms with E-state index in [4.69, 9.17) is 0 Å². The molecule has 2 unspecified atom stereocenters. The SMILES string of the molecule is B/C=C(\O)C(B)C(O)C(=C/O)/C(CC=C)=c1\cccc\c1=C(CC=C)/C(C)=C/C=C(\C)C1=c2ccccc2=B1. The molecule has 3 N–H and O–H groups in total. The summed E-state index contributed by atoms with van der Waals surface area (Å²) in [4.78, 5) is 0. The van der Waals surface area contributed by atoms with Gasteiger partial charge < -0.3 is 5.11 Å². The van der Waals surface area contributed by atoms with Crippen LogP contribution in [0.15, 0.2) is 121 Å². The van der Waals surface area contributed by atoms with Crippen molar-refractivity contribution in [2.75, 3.05) is 0 Å². The van der Waals surface area contributed by atoms with Gasteiger partial charge in [0.2, 0.25) is 0 Å². The summed E-state index contributed by atoms with van der Waals surface area (Å²) in [5.74, 6) is 1.04. The Labute approximate surface area is 234 Å². The van der Waals surface area contributed by atoms with Crippen LogP contribution in [0.2, 0.25) is 5.82 Å². The van der Waals surface area contributed by atoms with E-state index >= 15 is 0 Å². The summed E-state index contributed by atoms with van der Waals surface area (Å²) in [6.07, 6.45) is 8.88. The molecule has 0 saturated heterocycles. The third kappa shape index (κ3) is 6.64. The number of hydrogen-bond acceptors (Lipinski definition) is 3. The van der Waals surface area contributed by atoms with Crippen molar-refractivity contribution in [3.8, 4) is 0 Å². The molecule has 3 rings (SSSR count). The maximum atomic E-state index is 11.1. The third-order valence-corrected chi connectivity index (χ3v) is 7.35. The number of fused-ring (bicyclic) bond motifs is 1. The first-order valence-corrected chi connectivity index (χ1v) is 13.4. The number of rotatable bonds is 11. The maximum absolute atomic E-state index is 11.1. The second-order valence-electron chi connectivity index (χ2n) is 9.86. The Kier molecular flexibility index (Phi) is 10.6. The summed E-state index contributed by atoms with van der Waals surface area (Å²) in [5.41, 5.74) is 5.77. The van der Waals surface area contributed by atoms with Crippen LogP contribution in [0.1, 0.15) is 26.7 Å². The molecule has 2 aromatic rings. The number of aliphatic hydroxyl groups excluding tert-OH is 3. The second kappa shape index (κ2) is 13.9. The van der Waals surface area contributed by atoms with Gasteiger partial charge in [-0.1, -0.05) is 5.98 Å². The molecule has 0 aliphatic carbocycles. The van der Waals surface area contributed by atoms with Gasteiger partial charge >= 0.3 is 202 Å². The first-order chi connectivity index (χ1) is 18.8. The van der Waals surface area contributed by atoms with Crippen molar-refractivity contribution in [2.24, 2.45) is 0 Å². The van der Waals surface area contributed by atoms with Gasteiger partial charge in [0.05, 0.1) is 5.76 Å². The van der Waals surface area contributed by atoms with Gasteiger partial charge in [0.25, 0.3) is 0 Å². The average molecular weight is 514 g/mol. The minimum atomic E-state index is -1.10. The van der Waals surface area contributed by atoms with E-state index in [1.807, 2.05) is 24.3 Å². The van der Waals surface area contributed by atoms with E-state index in [9.17, 15) is 15.3 Å². The van der Waals surface area contributed by atoms with Gasteiger partial charge in [-0.2, -0.15) is 0 Å². The summed E-state index contributed by atoms with van der Waals surface area (Å²) in [6.45, 7) is 14.4. The number of hydrogen-bond donors (Lipinski definition) is 3. The molecular weight excluding hydrogens is 477 g/mol.